The summed E-state index contributed by atoms with van der Waals surface area (Å²) in [6.45, 7) is 3.45. The lowest BCUT2D eigenvalue weighted by atomic mass is 10.1. The molecule has 0 spiro atoms. The molecule has 6 nitrogen and oxygen atoms in total. The molecule has 0 bridgehead atoms. The number of aromatic nitrogens is 1. The van der Waals surface area contributed by atoms with E-state index >= 15 is 0 Å². The molecule has 0 saturated carbocycles. The highest BCUT2D eigenvalue weighted by Gasteiger charge is 2.15. The third-order valence-electron chi connectivity index (χ3n) is 3.25. The molecule has 0 aliphatic heterocycles. The van der Waals surface area contributed by atoms with Crippen LogP contribution < -0.4 is 10.0 Å². The van der Waals surface area contributed by atoms with Crippen molar-refractivity contribution in [3.8, 4) is 0 Å². The van der Waals surface area contributed by atoms with Gasteiger partial charge in [0.1, 0.15) is 0 Å². The molecule has 23 heavy (non-hydrogen) atoms. The number of amides is 1. The van der Waals surface area contributed by atoms with Crippen LogP contribution in [0.3, 0.4) is 0 Å². The summed E-state index contributed by atoms with van der Waals surface area (Å²) in [4.78, 5) is 15.6. The molecule has 0 saturated heterocycles. The summed E-state index contributed by atoms with van der Waals surface area (Å²) < 4.78 is 26.5. The van der Waals surface area contributed by atoms with Crippen LogP contribution in [0, 0.1) is 13.8 Å². The maximum Gasteiger partial charge on any atom is 0.239 e. The van der Waals surface area contributed by atoms with Crippen molar-refractivity contribution >= 4 is 21.6 Å². The van der Waals surface area contributed by atoms with Gasteiger partial charge in [0.05, 0.1) is 24.2 Å². The van der Waals surface area contributed by atoms with Crippen molar-refractivity contribution in [3.63, 3.8) is 0 Å². The van der Waals surface area contributed by atoms with E-state index in [0.717, 1.165) is 16.7 Å². The second-order valence-corrected chi connectivity index (χ2v) is 7.11. The molecular weight excluding hydrogens is 314 g/mol. The Bertz CT molecular complexity index is 789. The van der Waals surface area contributed by atoms with Crippen molar-refractivity contribution in [1.82, 2.24) is 9.71 Å². The number of rotatable bonds is 6. The zero-order chi connectivity index (χ0) is 16.9. The minimum Gasteiger partial charge on any atom is -0.324 e. The Morgan fingerprint density at radius 3 is 2.70 bits per heavy atom. The summed E-state index contributed by atoms with van der Waals surface area (Å²) in [5.41, 5.74) is 3.15. The third-order valence-corrected chi connectivity index (χ3v) is 4.52. The highest BCUT2D eigenvalue weighted by Crippen LogP contribution is 2.13. The number of benzene rings is 1. The average Bonchev–Trinajstić information content (AvgIpc) is 2.50. The van der Waals surface area contributed by atoms with Gasteiger partial charge in [-0.1, -0.05) is 23.8 Å². The quantitative estimate of drug-likeness (QED) is 0.843. The van der Waals surface area contributed by atoms with E-state index in [1.807, 2.05) is 32.0 Å². The molecule has 0 unspecified atom stereocenters. The fourth-order valence-corrected chi connectivity index (χ4v) is 3.20. The van der Waals surface area contributed by atoms with Crippen LogP contribution in [0.15, 0.2) is 42.7 Å². The molecular formula is C16H19N3O3S. The van der Waals surface area contributed by atoms with E-state index in [1.54, 1.807) is 18.3 Å². The number of hydrogen-bond donors (Lipinski definition) is 2. The topological polar surface area (TPSA) is 88.2 Å². The Kier molecular flexibility index (Phi) is 5.46. The molecule has 1 heterocycles. The van der Waals surface area contributed by atoms with E-state index in [1.165, 1.54) is 6.20 Å². The zero-order valence-corrected chi connectivity index (χ0v) is 13.9. The largest absolute Gasteiger partial charge is 0.324 e. The molecule has 1 aromatic heterocycles. The lowest BCUT2D eigenvalue weighted by Crippen LogP contribution is -2.33. The number of sulfonamides is 1. The fourth-order valence-electron chi connectivity index (χ4n) is 2.03. The minimum absolute atomic E-state index is 0.152. The first-order valence-electron chi connectivity index (χ1n) is 7.09. The lowest BCUT2D eigenvalue weighted by Gasteiger charge is -2.10. The van der Waals surface area contributed by atoms with E-state index in [2.05, 4.69) is 15.0 Å². The molecule has 0 aliphatic carbocycles. The van der Waals surface area contributed by atoms with E-state index in [9.17, 15) is 13.2 Å². The maximum absolute atomic E-state index is 12.1. The average molecular weight is 333 g/mol. The van der Waals surface area contributed by atoms with Gasteiger partial charge in [-0.3, -0.25) is 9.78 Å². The Morgan fingerprint density at radius 2 is 2.00 bits per heavy atom. The first kappa shape index (κ1) is 17.1. The van der Waals surface area contributed by atoms with Crippen molar-refractivity contribution in [2.75, 3.05) is 11.9 Å². The van der Waals surface area contributed by atoms with Gasteiger partial charge >= 0.3 is 0 Å². The normalized spacial score (nSPS) is 11.2. The van der Waals surface area contributed by atoms with Crippen molar-refractivity contribution in [3.05, 3.63) is 59.4 Å². The van der Waals surface area contributed by atoms with Crippen molar-refractivity contribution in [2.45, 2.75) is 19.6 Å². The van der Waals surface area contributed by atoms with E-state index in [0.29, 0.717) is 5.69 Å². The molecule has 1 aromatic carbocycles. The predicted molar refractivity (Wildman–Crippen MR) is 89.4 cm³/mol. The molecule has 1 amide bonds. The number of pyridine rings is 1. The molecule has 0 fully saturated rings. The molecule has 2 N–H and O–H groups in total. The number of aryl methyl sites for hydroxylation is 2. The second-order valence-electron chi connectivity index (χ2n) is 5.30. The van der Waals surface area contributed by atoms with Crippen molar-refractivity contribution < 1.29 is 13.2 Å². The first-order valence-corrected chi connectivity index (χ1v) is 8.74. The smallest absolute Gasteiger partial charge is 0.239 e. The minimum atomic E-state index is -3.59. The van der Waals surface area contributed by atoms with Gasteiger partial charge in [-0.15, -0.1) is 0 Å². The van der Waals surface area contributed by atoms with Gasteiger partial charge < -0.3 is 5.32 Å². The van der Waals surface area contributed by atoms with Gasteiger partial charge in [0.25, 0.3) is 0 Å². The molecule has 122 valence electrons. The van der Waals surface area contributed by atoms with Crippen LogP contribution in [-0.2, 0) is 20.6 Å². The van der Waals surface area contributed by atoms with Gasteiger partial charge in [0.2, 0.25) is 15.9 Å². The maximum atomic E-state index is 12.1. The summed E-state index contributed by atoms with van der Waals surface area (Å²) >= 11 is 0. The molecule has 2 aromatic rings. The fraction of sp³-hybridized carbons (Fsp3) is 0.250. The van der Waals surface area contributed by atoms with Crippen LogP contribution in [0.25, 0.3) is 0 Å². The van der Waals surface area contributed by atoms with Crippen molar-refractivity contribution in [2.24, 2.45) is 0 Å². The van der Waals surface area contributed by atoms with Gasteiger partial charge in [-0.2, -0.15) is 0 Å². The van der Waals surface area contributed by atoms with Gasteiger partial charge in [0.15, 0.2) is 0 Å². The Morgan fingerprint density at radius 1 is 1.22 bits per heavy atom. The highest BCUT2D eigenvalue weighted by atomic mass is 32.2. The number of carbonyl (C=O) groups is 1. The van der Waals surface area contributed by atoms with Crippen LogP contribution in [0.2, 0.25) is 0 Å². The Hall–Kier alpha value is -2.25. The molecule has 0 atom stereocenters. The number of carbonyl (C=O) groups excluding carboxylic acids is 1. The standard InChI is InChI=1S/C16H19N3O3S/c1-12-5-6-13(2)14(8-12)11-23(21,22)18-10-16(20)19-15-4-3-7-17-9-15/h3-9,18H,10-11H2,1-2H3,(H,19,20). The summed E-state index contributed by atoms with van der Waals surface area (Å²) in [5, 5.41) is 2.57. The first-order chi connectivity index (χ1) is 10.9. The van der Waals surface area contributed by atoms with Gasteiger partial charge in [0, 0.05) is 6.20 Å². The second kappa shape index (κ2) is 7.34. The number of anilines is 1. The Balaban J connectivity index is 1.93. The van der Waals surface area contributed by atoms with Crippen LogP contribution >= 0.6 is 0 Å². The number of nitrogens with one attached hydrogen (secondary N) is 2. The van der Waals surface area contributed by atoms with Crippen LogP contribution in [0.4, 0.5) is 5.69 Å². The van der Waals surface area contributed by atoms with E-state index in [-0.39, 0.29) is 12.3 Å². The zero-order valence-electron chi connectivity index (χ0n) is 13.0. The predicted octanol–water partition coefficient (Wildman–Crippen LogP) is 1.76. The molecule has 7 heteroatoms. The number of hydrogen-bond acceptors (Lipinski definition) is 4. The van der Waals surface area contributed by atoms with E-state index < -0.39 is 15.9 Å². The summed E-state index contributed by atoms with van der Waals surface area (Å²) in [6.07, 6.45) is 3.07. The molecule has 0 aliphatic rings. The van der Waals surface area contributed by atoms with Crippen LogP contribution in [-0.4, -0.2) is 25.9 Å². The van der Waals surface area contributed by atoms with Crippen molar-refractivity contribution in [1.29, 1.82) is 0 Å². The van der Waals surface area contributed by atoms with Gasteiger partial charge in [-0.05, 0) is 37.1 Å². The van der Waals surface area contributed by atoms with Gasteiger partial charge in [-0.25, -0.2) is 13.1 Å². The molecule has 0 radical (unpaired) electrons. The molecule has 2 rings (SSSR count). The van der Waals surface area contributed by atoms with Crippen LogP contribution in [0.1, 0.15) is 16.7 Å². The Labute approximate surface area is 136 Å². The lowest BCUT2D eigenvalue weighted by molar-refractivity contribution is -0.115. The number of nitrogens with zero attached hydrogens (tertiary/aromatic N) is 1. The summed E-state index contributed by atoms with van der Waals surface area (Å²) in [5.74, 6) is -0.594. The van der Waals surface area contributed by atoms with E-state index in [4.69, 9.17) is 0 Å². The highest BCUT2D eigenvalue weighted by molar-refractivity contribution is 7.88. The SMILES string of the molecule is Cc1ccc(C)c(CS(=O)(=O)NCC(=O)Nc2cccnc2)c1. The monoisotopic (exact) mass is 333 g/mol. The summed E-state index contributed by atoms with van der Waals surface area (Å²) in [6, 6.07) is 9.01. The van der Waals surface area contributed by atoms with Crippen LogP contribution in [0.5, 0.6) is 0 Å². The third kappa shape index (κ3) is 5.46. The summed E-state index contributed by atoms with van der Waals surface area (Å²) in [7, 11) is -3.59.